The Bertz CT molecular complexity index is 220. The Morgan fingerprint density at radius 3 is 2.55 bits per heavy atom. The van der Waals surface area contributed by atoms with Crippen LogP contribution in [0, 0.1) is 0 Å². The highest BCUT2D eigenvalue weighted by Crippen LogP contribution is 2.00. The van der Waals surface area contributed by atoms with Crippen molar-refractivity contribution in [1.29, 1.82) is 0 Å². The van der Waals surface area contributed by atoms with Gasteiger partial charge in [-0.3, -0.25) is 0 Å². The molecule has 57 valence electrons. The van der Waals surface area contributed by atoms with E-state index < -0.39 is 6.04 Å². The maximum Gasteiger partial charge on any atom is 0.138 e. The molecular formula is C9H10NO. The van der Waals surface area contributed by atoms with Crippen molar-refractivity contribution < 1.29 is 4.79 Å². The second-order valence-corrected chi connectivity index (χ2v) is 2.43. The van der Waals surface area contributed by atoms with Crippen molar-refractivity contribution in [3.05, 3.63) is 35.9 Å². The molecule has 0 aliphatic rings. The Kier molecular flexibility index (Phi) is 2.81. The second-order valence-electron chi connectivity index (χ2n) is 2.43. The highest BCUT2D eigenvalue weighted by Gasteiger charge is 2.00. The number of hydrogen-bond donors (Lipinski definition) is 0. The fourth-order valence-corrected chi connectivity index (χ4v) is 0.916. The molecule has 0 saturated carbocycles. The van der Waals surface area contributed by atoms with Crippen molar-refractivity contribution in [2.24, 2.45) is 0 Å². The van der Waals surface area contributed by atoms with Crippen LogP contribution in [0.1, 0.15) is 5.56 Å². The van der Waals surface area contributed by atoms with Crippen LogP contribution in [0.15, 0.2) is 30.3 Å². The minimum Gasteiger partial charge on any atom is -0.302 e. The number of carbonyl (C=O) groups excluding carboxylic acids is 1. The summed E-state index contributed by atoms with van der Waals surface area (Å²) in [4.78, 5) is 10.1. The Hall–Kier alpha value is -1.15. The van der Waals surface area contributed by atoms with Crippen molar-refractivity contribution in [3.8, 4) is 0 Å². The molecule has 0 fully saturated rings. The Morgan fingerprint density at radius 1 is 1.36 bits per heavy atom. The van der Waals surface area contributed by atoms with E-state index in [1.807, 2.05) is 30.3 Å². The first-order valence-corrected chi connectivity index (χ1v) is 3.53. The summed E-state index contributed by atoms with van der Waals surface area (Å²) in [6.45, 7) is 0. The van der Waals surface area contributed by atoms with E-state index in [9.17, 15) is 4.79 Å². The molecule has 1 rings (SSSR count). The van der Waals surface area contributed by atoms with Crippen molar-refractivity contribution in [3.63, 3.8) is 0 Å². The molecule has 0 aliphatic carbocycles. The highest BCUT2D eigenvalue weighted by molar-refractivity contribution is 5.57. The molecule has 2 heteroatoms. The number of rotatable bonds is 3. The molecule has 1 N–H and O–H groups in total. The third kappa shape index (κ3) is 2.51. The lowest BCUT2D eigenvalue weighted by molar-refractivity contribution is -0.109. The Morgan fingerprint density at radius 2 is 2.00 bits per heavy atom. The number of carbonyl (C=O) groups is 1. The van der Waals surface area contributed by atoms with Crippen LogP contribution in [-0.4, -0.2) is 12.3 Å². The van der Waals surface area contributed by atoms with E-state index >= 15 is 0 Å². The molecule has 1 radical (unpaired) electrons. The molecule has 1 aromatic carbocycles. The first-order valence-electron chi connectivity index (χ1n) is 3.53. The molecular weight excluding hydrogens is 138 g/mol. The number of aldehydes is 1. The van der Waals surface area contributed by atoms with Gasteiger partial charge in [-0.25, -0.2) is 5.73 Å². The fraction of sp³-hybridized carbons (Fsp3) is 0.222. The molecule has 1 aromatic rings. The molecule has 0 spiro atoms. The standard InChI is InChI=1S/C9H10NO/c10-9(7-11)6-8-4-2-1-3-5-8/h1-5,7,9-10H,6H2. The molecule has 0 bridgehead atoms. The fourth-order valence-electron chi connectivity index (χ4n) is 0.916. The van der Waals surface area contributed by atoms with Crippen molar-refractivity contribution in [2.75, 3.05) is 0 Å². The van der Waals surface area contributed by atoms with Gasteiger partial charge in [0.15, 0.2) is 0 Å². The molecule has 1 unspecified atom stereocenters. The van der Waals surface area contributed by atoms with Gasteiger partial charge in [-0.1, -0.05) is 30.3 Å². The first-order chi connectivity index (χ1) is 5.33. The quantitative estimate of drug-likeness (QED) is 0.591. The lowest BCUT2D eigenvalue weighted by atomic mass is 10.1. The van der Waals surface area contributed by atoms with Crippen molar-refractivity contribution in [1.82, 2.24) is 5.73 Å². The van der Waals surface area contributed by atoms with Gasteiger partial charge in [0, 0.05) is 0 Å². The van der Waals surface area contributed by atoms with Crippen LogP contribution in [-0.2, 0) is 11.2 Å². The van der Waals surface area contributed by atoms with Crippen molar-refractivity contribution in [2.45, 2.75) is 12.5 Å². The van der Waals surface area contributed by atoms with Crippen LogP contribution in [0.5, 0.6) is 0 Å². The summed E-state index contributed by atoms with van der Waals surface area (Å²) in [6.07, 6.45) is 1.18. The van der Waals surface area contributed by atoms with Gasteiger partial charge in [0.1, 0.15) is 6.29 Å². The van der Waals surface area contributed by atoms with E-state index in [4.69, 9.17) is 5.73 Å². The summed E-state index contributed by atoms with van der Waals surface area (Å²) >= 11 is 0. The predicted molar refractivity (Wildman–Crippen MR) is 43.1 cm³/mol. The van der Waals surface area contributed by atoms with Crippen LogP contribution in [0.25, 0.3) is 0 Å². The van der Waals surface area contributed by atoms with Gasteiger partial charge in [0.05, 0.1) is 6.04 Å². The zero-order valence-electron chi connectivity index (χ0n) is 6.16. The monoisotopic (exact) mass is 148 g/mol. The minimum atomic E-state index is -0.614. The minimum absolute atomic E-state index is 0.518. The lowest BCUT2D eigenvalue weighted by Crippen LogP contribution is -2.13. The third-order valence-electron chi connectivity index (χ3n) is 1.46. The molecule has 0 aliphatic heterocycles. The van der Waals surface area contributed by atoms with Crippen LogP contribution in [0.2, 0.25) is 0 Å². The lowest BCUT2D eigenvalue weighted by Gasteiger charge is -2.01. The van der Waals surface area contributed by atoms with E-state index in [2.05, 4.69) is 0 Å². The van der Waals surface area contributed by atoms with Gasteiger partial charge < -0.3 is 4.79 Å². The normalized spacial score (nSPS) is 12.5. The van der Waals surface area contributed by atoms with Gasteiger partial charge in [0.2, 0.25) is 0 Å². The predicted octanol–water partition coefficient (Wildman–Crippen LogP) is 1.08. The summed E-state index contributed by atoms with van der Waals surface area (Å²) in [5, 5.41) is 0. The van der Waals surface area contributed by atoms with Gasteiger partial charge in [0.25, 0.3) is 0 Å². The van der Waals surface area contributed by atoms with Gasteiger partial charge in [-0.15, -0.1) is 0 Å². The smallest absolute Gasteiger partial charge is 0.138 e. The molecule has 2 nitrogen and oxygen atoms in total. The average Bonchev–Trinajstić information content (AvgIpc) is 2.06. The third-order valence-corrected chi connectivity index (χ3v) is 1.46. The van der Waals surface area contributed by atoms with E-state index in [1.165, 1.54) is 0 Å². The molecule has 0 saturated heterocycles. The molecule has 0 amide bonds. The van der Waals surface area contributed by atoms with E-state index in [0.717, 1.165) is 5.56 Å². The zero-order chi connectivity index (χ0) is 8.10. The molecule has 1 atom stereocenters. The molecule has 0 aromatic heterocycles. The number of benzene rings is 1. The maximum atomic E-state index is 10.1. The van der Waals surface area contributed by atoms with Crippen molar-refractivity contribution >= 4 is 6.29 Å². The summed E-state index contributed by atoms with van der Waals surface area (Å²) < 4.78 is 0. The largest absolute Gasteiger partial charge is 0.302 e. The number of hydrogen-bond acceptors (Lipinski definition) is 1. The van der Waals surface area contributed by atoms with Crippen LogP contribution >= 0.6 is 0 Å². The molecule has 11 heavy (non-hydrogen) atoms. The summed E-state index contributed by atoms with van der Waals surface area (Å²) in [7, 11) is 0. The summed E-state index contributed by atoms with van der Waals surface area (Å²) in [5.41, 5.74) is 8.23. The average molecular weight is 148 g/mol. The molecule has 0 heterocycles. The van der Waals surface area contributed by atoms with Gasteiger partial charge >= 0.3 is 0 Å². The first kappa shape index (κ1) is 7.95. The van der Waals surface area contributed by atoms with E-state index in [1.54, 1.807) is 0 Å². The Labute approximate surface area is 66.0 Å². The topological polar surface area (TPSA) is 40.9 Å². The Balaban J connectivity index is 2.57. The van der Waals surface area contributed by atoms with E-state index in [-0.39, 0.29) is 0 Å². The SMILES string of the molecule is [NH]C(C=O)Cc1ccccc1. The van der Waals surface area contributed by atoms with Crippen LogP contribution < -0.4 is 5.73 Å². The zero-order valence-corrected chi connectivity index (χ0v) is 6.16. The summed E-state index contributed by atoms with van der Waals surface area (Å²) in [6, 6.07) is 8.97. The maximum absolute atomic E-state index is 10.1. The van der Waals surface area contributed by atoms with Gasteiger partial charge in [-0.2, -0.15) is 0 Å². The summed E-state index contributed by atoms with van der Waals surface area (Å²) in [5.74, 6) is 0. The van der Waals surface area contributed by atoms with Gasteiger partial charge in [-0.05, 0) is 12.0 Å². The van der Waals surface area contributed by atoms with E-state index in [0.29, 0.717) is 12.7 Å². The highest BCUT2D eigenvalue weighted by atomic mass is 16.1. The number of nitrogens with one attached hydrogen (secondary N) is 1. The van der Waals surface area contributed by atoms with Crippen LogP contribution in [0.4, 0.5) is 0 Å². The van der Waals surface area contributed by atoms with Crippen LogP contribution in [0.3, 0.4) is 0 Å². The second kappa shape index (κ2) is 3.88.